The Morgan fingerprint density at radius 2 is 2.24 bits per heavy atom. The molecular weight excluding hydrogens is 232 g/mol. The van der Waals surface area contributed by atoms with Gasteiger partial charge in [0.2, 0.25) is 0 Å². The van der Waals surface area contributed by atoms with Gasteiger partial charge in [-0.05, 0) is 31.0 Å². The third-order valence-electron chi connectivity index (χ3n) is 3.69. The molecule has 1 fully saturated rings. The highest BCUT2D eigenvalue weighted by Crippen LogP contribution is 2.34. The first-order valence-corrected chi connectivity index (χ1v) is 6.62. The molecule has 0 aliphatic carbocycles. The van der Waals surface area contributed by atoms with Gasteiger partial charge in [-0.25, -0.2) is 0 Å². The Kier molecular flexibility index (Phi) is 2.85. The van der Waals surface area contributed by atoms with Crippen LogP contribution in [0.15, 0.2) is 24.4 Å². The molecular formula is C14H17ClN2. The molecule has 3 rings (SSSR count). The standard InChI is InChI=1S/C14H17ClN2/c1-17-9-11(15)14-10(5-4-7-13(14)17)12-6-2-3-8-16-12/h4-5,7,9,12,16H,2-3,6,8H2,1H3. The number of hydrogen-bond donors (Lipinski definition) is 1. The zero-order valence-corrected chi connectivity index (χ0v) is 10.8. The molecule has 1 saturated heterocycles. The molecule has 1 aromatic carbocycles. The molecule has 1 aromatic heterocycles. The molecule has 1 N–H and O–H groups in total. The van der Waals surface area contributed by atoms with Gasteiger partial charge in [-0.15, -0.1) is 0 Å². The lowest BCUT2D eigenvalue weighted by molar-refractivity contribution is 0.414. The van der Waals surface area contributed by atoms with Crippen molar-refractivity contribution in [3.63, 3.8) is 0 Å². The predicted molar refractivity (Wildman–Crippen MR) is 72.5 cm³/mol. The molecule has 0 amide bonds. The quantitative estimate of drug-likeness (QED) is 0.815. The minimum atomic E-state index is 0.465. The highest BCUT2D eigenvalue weighted by Gasteiger charge is 2.19. The van der Waals surface area contributed by atoms with E-state index in [4.69, 9.17) is 11.6 Å². The molecule has 17 heavy (non-hydrogen) atoms. The highest BCUT2D eigenvalue weighted by molar-refractivity contribution is 6.36. The lowest BCUT2D eigenvalue weighted by Gasteiger charge is -2.24. The molecule has 2 heterocycles. The SMILES string of the molecule is Cn1cc(Cl)c2c(C3CCCCN3)cccc21. The molecule has 0 saturated carbocycles. The summed E-state index contributed by atoms with van der Waals surface area (Å²) in [6.07, 6.45) is 5.80. The molecule has 1 atom stereocenters. The van der Waals surface area contributed by atoms with E-state index in [0.717, 1.165) is 11.6 Å². The van der Waals surface area contributed by atoms with Crippen LogP contribution in [0.1, 0.15) is 30.9 Å². The molecule has 0 spiro atoms. The van der Waals surface area contributed by atoms with E-state index < -0.39 is 0 Å². The Labute approximate surface area is 107 Å². The van der Waals surface area contributed by atoms with E-state index >= 15 is 0 Å². The van der Waals surface area contributed by atoms with E-state index in [1.165, 1.54) is 35.7 Å². The maximum Gasteiger partial charge on any atom is 0.0664 e. The first-order chi connectivity index (χ1) is 8.27. The summed E-state index contributed by atoms with van der Waals surface area (Å²) in [5, 5.41) is 5.68. The third kappa shape index (κ3) is 1.85. The summed E-state index contributed by atoms with van der Waals surface area (Å²) in [6.45, 7) is 1.12. The van der Waals surface area contributed by atoms with E-state index in [1.807, 2.05) is 13.2 Å². The minimum Gasteiger partial charge on any atom is -0.349 e. The summed E-state index contributed by atoms with van der Waals surface area (Å²) in [5.41, 5.74) is 2.58. The van der Waals surface area contributed by atoms with Gasteiger partial charge in [-0.2, -0.15) is 0 Å². The van der Waals surface area contributed by atoms with Crippen molar-refractivity contribution in [1.29, 1.82) is 0 Å². The number of hydrogen-bond acceptors (Lipinski definition) is 1. The van der Waals surface area contributed by atoms with Crippen molar-refractivity contribution in [1.82, 2.24) is 9.88 Å². The summed E-state index contributed by atoms with van der Waals surface area (Å²) < 4.78 is 2.10. The van der Waals surface area contributed by atoms with E-state index in [2.05, 4.69) is 28.1 Å². The molecule has 3 heteroatoms. The number of rotatable bonds is 1. The Hall–Kier alpha value is -0.990. The Morgan fingerprint density at radius 3 is 3.00 bits per heavy atom. The van der Waals surface area contributed by atoms with Gasteiger partial charge in [0.15, 0.2) is 0 Å². The monoisotopic (exact) mass is 248 g/mol. The molecule has 1 unspecified atom stereocenters. The van der Waals surface area contributed by atoms with Crippen LogP contribution in [-0.4, -0.2) is 11.1 Å². The van der Waals surface area contributed by atoms with Crippen LogP contribution in [0.3, 0.4) is 0 Å². The molecule has 0 bridgehead atoms. The number of fused-ring (bicyclic) bond motifs is 1. The van der Waals surface area contributed by atoms with Crippen molar-refractivity contribution in [2.75, 3.05) is 6.54 Å². The van der Waals surface area contributed by atoms with Crippen LogP contribution in [-0.2, 0) is 7.05 Å². The van der Waals surface area contributed by atoms with Crippen molar-refractivity contribution in [2.45, 2.75) is 25.3 Å². The normalized spacial score (nSPS) is 20.9. The molecule has 1 aliphatic heterocycles. The van der Waals surface area contributed by atoms with Gasteiger partial charge in [-0.3, -0.25) is 0 Å². The first kappa shape index (κ1) is 11.1. The lowest BCUT2D eigenvalue weighted by atomic mass is 9.95. The number of aryl methyl sites for hydroxylation is 1. The Morgan fingerprint density at radius 1 is 1.35 bits per heavy atom. The summed E-state index contributed by atoms with van der Waals surface area (Å²) >= 11 is 6.35. The number of piperidine rings is 1. The van der Waals surface area contributed by atoms with Gasteiger partial charge >= 0.3 is 0 Å². The second-order valence-corrected chi connectivity index (χ2v) is 5.24. The van der Waals surface area contributed by atoms with Crippen LogP contribution in [0.25, 0.3) is 10.9 Å². The van der Waals surface area contributed by atoms with Crippen LogP contribution in [0.5, 0.6) is 0 Å². The zero-order valence-electron chi connectivity index (χ0n) is 10.0. The maximum atomic E-state index is 6.35. The molecule has 90 valence electrons. The largest absolute Gasteiger partial charge is 0.349 e. The lowest BCUT2D eigenvalue weighted by Crippen LogP contribution is -2.26. The Balaban J connectivity index is 2.15. The second-order valence-electron chi connectivity index (χ2n) is 4.83. The fourth-order valence-corrected chi connectivity index (χ4v) is 3.18. The van der Waals surface area contributed by atoms with Gasteiger partial charge in [0.25, 0.3) is 0 Å². The van der Waals surface area contributed by atoms with Gasteiger partial charge in [-0.1, -0.05) is 30.2 Å². The first-order valence-electron chi connectivity index (χ1n) is 6.24. The number of aromatic nitrogens is 1. The number of nitrogens with one attached hydrogen (secondary N) is 1. The van der Waals surface area contributed by atoms with Crippen LogP contribution < -0.4 is 5.32 Å². The van der Waals surface area contributed by atoms with E-state index in [-0.39, 0.29) is 0 Å². The summed E-state index contributed by atoms with van der Waals surface area (Å²) in [4.78, 5) is 0. The van der Waals surface area contributed by atoms with Gasteiger partial charge in [0.05, 0.1) is 5.02 Å². The van der Waals surface area contributed by atoms with Crippen LogP contribution >= 0.6 is 11.6 Å². The summed E-state index contributed by atoms with van der Waals surface area (Å²) in [6, 6.07) is 6.93. The fourth-order valence-electron chi connectivity index (χ4n) is 2.82. The average molecular weight is 249 g/mol. The van der Waals surface area contributed by atoms with Gasteiger partial charge in [0.1, 0.15) is 0 Å². The molecule has 1 aliphatic rings. The average Bonchev–Trinajstić information content (AvgIpc) is 2.66. The molecule has 0 radical (unpaired) electrons. The highest BCUT2D eigenvalue weighted by atomic mass is 35.5. The molecule has 2 nitrogen and oxygen atoms in total. The third-order valence-corrected chi connectivity index (χ3v) is 3.97. The van der Waals surface area contributed by atoms with Crippen molar-refractivity contribution >= 4 is 22.5 Å². The number of benzene rings is 1. The topological polar surface area (TPSA) is 17.0 Å². The Bertz CT molecular complexity index is 538. The number of halogens is 1. The predicted octanol–water partition coefficient (Wildman–Crippen LogP) is 3.65. The van der Waals surface area contributed by atoms with Crippen molar-refractivity contribution < 1.29 is 0 Å². The summed E-state index contributed by atoms with van der Waals surface area (Å²) in [7, 11) is 2.05. The smallest absolute Gasteiger partial charge is 0.0664 e. The van der Waals surface area contributed by atoms with E-state index in [1.54, 1.807) is 0 Å². The van der Waals surface area contributed by atoms with Crippen molar-refractivity contribution in [2.24, 2.45) is 7.05 Å². The summed E-state index contributed by atoms with van der Waals surface area (Å²) in [5.74, 6) is 0. The fraction of sp³-hybridized carbons (Fsp3) is 0.429. The van der Waals surface area contributed by atoms with Crippen LogP contribution in [0.4, 0.5) is 0 Å². The minimum absolute atomic E-state index is 0.465. The number of nitrogens with zero attached hydrogens (tertiary/aromatic N) is 1. The zero-order chi connectivity index (χ0) is 11.8. The van der Waals surface area contributed by atoms with Crippen molar-refractivity contribution in [3.05, 3.63) is 35.0 Å². The maximum absolute atomic E-state index is 6.35. The van der Waals surface area contributed by atoms with Crippen molar-refractivity contribution in [3.8, 4) is 0 Å². The van der Waals surface area contributed by atoms with Gasteiger partial charge < -0.3 is 9.88 Å². The van der Waals surface area contributed by atoms with Crippen LogP contribution in [0, 0.1) is 0 Å². The molecule has 2 aromatic rings. The van der Waals surface area contributed by atoms with E-state index in [0.29, 0.717) is 6.04 Å². The second kappa shape index (κ2) is 4.35. The van der Waals surface area contributed by atoms with Gasteiger partial charge in [0, 0.05) is 30.2 Å². The van der Waals surface area contributed by atoms with E-state index in [9.17, 15) is 0 Å². The van der Waals surface area contributed by atoms with Crippen LogP contribution in [0.2, 0.25) is 5.02 Å².